The van der Waals surface area contributed by atoms with Gasteiger partial charge in [0.05, 0.1) is 6.54 Å². The summed E-state index contributed by atoms with van der Waals surface area (Å²) in [5, 5.41) is 2.83. The number of hydrogen-bond donors (Lipinski definition) is 1. The van der Waals surface area contributed by atoms with E-state index < -0.39 is 0 Å². The van der Waals surface area contributed by atoms with Crippen molar-refractivity contribution in [2.75, 3.05) is 32.7 Å². The van der Waals surface area contributed by atoms with Gasteiger partial charge in [-0.1, -0.05) is 26.0 Å². The normalized spacial score (nSPS) is 15.7. The van der Waals surface area contributed by atoms with E-state index in [9.17, 15) is 14.0 Å². The number of nitrogens with one attached hydrogen (secondary N) is 1. The summed E-state index contributed by atoms with van der Waals surface area (Å²) in [4.78, 5) is 27.8. The summed E-state index contributed by atoms with van der Waals surface area (Å²) in [6.45, 7) is 7.28. The van der Waals surface area contributed by atoms with E-state index in [1.54, 1.807) is 12.1 Å². The maximum absolute atomic E-state index is 12.8. The first-order chi connectivity index (χ1) is 11.0. The van der Waals surface area contributed by atoms with Crippen LogP contribution in [0.2, 0.25) is 0 Å². The molecule has 1 saturated heterocycles. The van der Waals surface area contributed by atoms with Crippen molar-refractivity contribution >= 4 is 11.8 Å². The third kappa shape index (κ3) is 5.32. The first kappa shape index (κ1) is 17.4. The van der Waals surface area contributed by atoms with Gasteiger partial charge in [0.1, 0.15) is 5.82 Å². The summed E-state index contributed by atoms with van der Waals surface area (Å²) in [5.74, 6) is -0.155. The zero-order valence-electron chi connectivity index (χ0n) is 13.7. The van der Waals surface area contributed by atoms with Gasteiger partial charge in [-0.05, 0) is 17.7 Å². The van der Waals surface area contributed by atoms with Crippen LogP contribution in [-0.4, -0.2) is 54.3 Å². The van der Waals surface area contributed by atoms with Crippen LogP contribution in [0.4, 0.5) is 4.39 Å². The van der Waals surface area contributed by atoms with Gasteiger partial charge in [-0.25, -0.2) is 4.39 Å². The quantitative estimate of drug-likeness (QED) is 0.888. The minimum absolute atomic E-state index is 0.0144. The summed E-state index contributed by atoms with van der Waals surface area (Å²) >= 11 is 0. The number of halogens is 1. The van der Waals surface area contributed by atoms with E-state index in [1.807, 2.05) is 23.6 Å². The van der Waals surface area contributed by atoms with Crippen LogP contribution >= 0.6 is 0 Å². The van der Waals surface area contributed by atoms with Gasteiger partial charge in [0.25, 0.3) is 0 Å². The number of rotatable bonds is 5. The van der Waals surface area contributed by atoms with Crippen LogP contribution in [-0.2, 0) is 16.1 Å². The highest BCUT2D eigenvalue weighted by molar-refractivity contribution is 5.79. The molecule has 0 atom stereocenters. The van der Waals surface area contributed by atoms with Crippen molar-refractivity contribution < 1.29 is 14.0 Å². The molecular weight excluding hydrogens is 297 g/mol. The van der Waals surface area contributed by atoms with Crippen LogP contribution in [0.1, 0.15) is 19.4 Å². The Kier molecular flexibility index (Phi) is 6.10. The third-order valence-electron chi connectivity index (χ3n) is 3.95. The van der Waals surface area contributed by atoms with Crippen molar-refractivity contribution in [2.45, 2.75) is 20.4 Å². The van der Waals surface area contributed by atoms with Gasteiger partial charge in [-0.15, -0.1) is 0 Å². The number of nitrogens with zero attached hydrogens (tertiary/aromatic N) is 2. The molecule has 1 heterocycles. The molecule has 0 spiro atoms. The summed E-state index contributed by atoms with van der Waals surface area (Å²) in [6.07, 6.45) is 0. The Morgan fingerprint density at radius 3 is 2.30 bits per heavy atom. The Hall–Kier alpha value is -1.95. The Balaban J connectivity index is 1.70. The van der Waals surface area contributed by atoms with Crippen molar-refractivity contribution in [3.05, 3.63) is 35.6 Å². The van der Waals surface area contributed by atoms with Crippen molar-refractivity contribution in [2.24, 2.45) is 5.92 Å². The molecule has 2 amide bonds. The molecule has 1 aliphatic heterocycles. The molecule has 23 heavy (non-hydrogen) atoms. The van der Waals surface area contributed by atoms with E-state index >= 15 is 0 Å². The SMILES string of the molecule is CC(C)C(=O)N1CCN(CC(=O)NCc2ccc(F)cc2)CC1. The molecule has 2 rings (SSSR count). The second-order valence-electron chi connectivity index (χ2n) is 6.16. The molecular formula is C17H24FN3O2. The molecule has 1 aliphatic rings. The van der Waals surface area contributed by atoms with E-state index in [2.05, 4.69) is 5.32 Å². The lowest BCUT2D eigenvalue weighted by atomic mass is 10.1. The highest BCUT2D eigenvalue weighted by Gasteiger charge is 2.23. The molecule has 0 saturated carbocycles. The fraction of sp³-hybridized carbons (Fsp3) is 0.529. The largest absolute Gasteiger partial charge is 0.351 e. The fourth-order valence-electron chi connectivity index (χ4n) is 2.55. The average Bonchev–Trinajstić information content (AvgIpc) is 2.54. The average molecular weight is 321 g/mol. The Morgan fingerprint density at radius 2 is 1.74 bits per heavy atom. The molecule has 1 aromatic carbocycles. The predicted octanol–water partition coefficient (Wildman–Crippen LogP) is 1.24. The lowest BCUT2D eigenvalue weighted by molar-refractivity contribution is -0.136. The van der Waals surface area contributed by atoms with Crippen LogP contribution in [0.5, 0.6) is 0 Å². The van der Waals surface area contributed by atoms with Gasteiger partial charge in [0, 0.05) is 38.6 Å². The molecule has 0 aliphatic carbocycles. The van der Waals surface area contributed by atoms with Gasteiger partial charge in [0.15, 0.2) is 0 Å². The number of carbonyl (C=O) groups is 2. The lowest BCUT2D eigenvalue weighted by Gasteiger charge is -2.35. The lowest BCUT2D eigenvalue weighted by Crippen LogP contribution is -2.51. The van der Waals surface area contributed by atoms with Gasteiger partial charge in [-0.3, -0.25) is 14.5 Å². The minimum atomic E-state index is -0.283. The monoisotopic (exact) mass is 321 g/mol. The summed E-state index contributed by atoms with van der Waals surface area (Å²) in [7, 11) is 0. The first-order valence-electron chi connectivity index (χ1n) is 7.98. The zero-order valence-corrected chi connectivity index (χ0v) is 13.7. The maximum Gasteiger partial charge on any atom is 0.234 e. The molecule has 5 nitrogen and oxygen atoms in total. The van der Waals surface area contributed by atoms with Crippen LogP contribution in [0, 0.1) is 11.7 Å². The number of hydrogen-bond acceptors (Lipinski definition) is 3. The van der Waals surface area contributed by atoms with Crippen molar-refractivity contribution in [1.29, 1.82) is 0 Å². The van der Waals surface area contributed by atoms with E-state index in [0.29, 0.717) is 39.3 Å². The summed E-state index contributed by atoms with van der Waals surface area (Å²) in [6, 6.07) is 6.08. The van der Waals surface area contributed by atoms with Gasteiger partial charge in [0.2, 0.25) is 11.8 Å². The molecule has 0 radical (unpaired) electrons. The van der Waals surface area contributed by atoms with Gasteiger partial charge in [-0.2, -0.15) is 0 Å². The minimum Gasteiger partial charge on any atom is -0.351 e. The molecule has 1 N–H and O–H groups in total. The standard InChI is InChI=1S/C17H24FN3O2/c1-13(2)17(23)21-9-7-20(8-10-21)12-16(22)19-11-14-3-5-15(18)6-4-14/h3-6,13H,7-12H2,1-2H3,(H,19,22). The molecule has 0 bridgehead atoms. The maximum atomic E-state index is 12.8. The first-order valence-corrected chi connectivity index (χ1v) is 7.98. The smallest absolute Gasteiger partial charge is 0.234 e. The number of carbonyl (C=O) groups excluding carboxylic acids is 2. The fourth-order valence-corrected chi connectivity index (χ4v) is 2.55. The highest BCUT2D eigenvalue weighted by Crippen LogP contribution is 2.07. The second kappa shape index (κ2) is 8.06. The Bertz CT molecular complexity index is 537. The van der Waals surface area contributed by atoms with Crippen molar-refractivity contribution in [3.63, 3.8) is 0 Å². The Morgan fingerprint density at radius 1 is 1.13 bits per heavy atom. The molecule has 0 aromatic heterocycles. The number of benzene rings is 1. The van der Waals surface area contributed by atoms with Crippen LogP contribution in [0.25, 0.3) is 0 Å². The Labute approximate surface area is 136 Å². The van der Waals surface area contributed by atoms with Gasteiger partial charge >= 0.3 is 0 Å². The molecule has 1 fully saturated rings. The van der Waals surface area contributed by atoms with E-state index in [1.165, 1.54) is 12.1 Å². The van der Waals surface area contributed by atoms with Crippen molar-refractivity contribution in [1.82, 2.24) is 15.1 Å². The highest BCUT2D eigenvalue weighted by atomic mass is 19.1. The number of piperazine rings is 1. The van der Waals surface area contributed by atoms with E-state index in [0.717, 1.165) is 5.56 Å². The molecule has 126 valence electrons. The zero-order chi connectivity index (χ0) is 16.8. The molecule has 1 aromatic rings. The van der Waals surface area contributed by atoms with Gasteiger partial charge < -0.3 is 10.2 Å². The van der Waals surface area contributed by atoms with Crippen LogP contribution in [0.15, 0.2) is 24.3 Å². The summed E-state index contributed by atoms with van der Waals surface area (Å²) < 4.78 is 12.8. The van der Waals surface area contributed by atoms with E-state index in [-0.39, 0.29) is 23.5 Å². The van der Waals surface area contributed by atoms with Crippen molar-refractivity contribution in [3.8, 4) is 0 Å². The third-order valence-corrected chi connectivity index (χ3v) is 3.95. The van der Waals surface area contributed by atoms with E-state index in [4.69, 9.17) is 0 Å². The molecule has 6 heteroatoms. The van der Waals surface area contributed by atoms with Crippen LogP contribution < -0.4 is 5.32 Å². The topological polar surface area (TPSA) is 52.7 Å². The summed E-state index contributed by atoms with van der Waals surface area (Å²) in [5.41, 5.74) is 0.868. The van der Waals surface area contributed by atoms with Crippen LogP contribution in [0.3, 0.4) is 0 Å². The number of amides is 2. The molecule has 0 unspecified atom stereocenters. The second-order valence-corrected chi connectivity index (χ2v) is 6.16. The predicted molar refractivity (Wildman–Crippen MR) is 86.1 cm³/mol.